The van der Waals surface area contributed by atoms with E-state index in [4.69, 9.17) is 0 Å². The predicted octanol–water partition coefficient (Wildman–Crippen LogP) is 3.26. The Morgan fingerprint density at radius 1 is 1.21 bits per heavy atom. The van der Waals surface area contributed by atoms with E-state index in [1.165, 1.54) is 0 Å². The molecule has 1 aliphatic carbocycles. The van der Waals surface area contributed by atoms with Gasteiger partial charge in [-0.2, -0.15) is 0 Å². The quantitative estimate of drug-likeness (QED) is 0.752. The minimum Gasteiger partial charge on any atom is -0.480 e. The van der Waals surface area contributed by atoms with Crippen molar-refractivity contribution in [3.05, 3.63) is 0 Å². The summed E-state index contributed by atoms with van der Waals surface area (Å²) in [7, 11) is 0. The van der Waals surface area contributed by atoms with Gasteiger partial charge in [-0.15, -0.1) is 0 Å². The smallest absolute Gasteiger partial charge is 0.321 e. The van der Waals surface area contributed by atoms with Crippen LogP contribution in [0.15, 0.2) is 0 Å². The Hall–Kier alpha value is -1.06. The fourth-order valence-electron chi connectivity index (χ4n) is 3.74. The van der Waals surface area contributed by atoms with Crippen LogP contribution in [0.2, 0.25) is 0 Å². The largest absolute Gasteiger partial charge is 0.480 e. The Kier molecular flexibility index (Phi) is 4.99. The fraction of sp³-hybridized carbons (Fsp3) is 0.867. The highest BCUT2D eigenvalue weighted by molar-refractivity contribution is 5.98. The molecule has 2 N–H and O–H groups in total. The van der Waals surface area contributed by atoms with Crippen molar-refractivity contribution in [1.29, 1.82) is 0 Å². The monoisotopic (exact) mass is 270 g/mol. The third kappa shape index (κ3) is 2.77. The van der Waals surface area contributed by atoms with E-state index in [9.17, 15) is 19.8 Å². The molecule has 4 nitrogen and oxygen atoms in total. The Labute approximate surface area is 115 Å². The first-order valence-corrected chi connectivity index (χ1v) is 7.24. The van der Waals surface area contributed by atoms with Gasteiger partial charge in [-0.1, -0.05) is 34.1 Å². The summed E-state index contributed by atoms with van der Waals surface area (Å²) in [5, 5.41) is 19.1. The first-order valence-electron chi connectivity index (χ1n) is 7.24. The molecule has 0 unspecified atom stereocenters. The standard InChI is InChI=1S/C15H26O4/c1-5-15(13(16)17,14(18)19)12-8-10(4)6-7-11(12)9(2)3/h9-12H,5-8H2,1-4H3,(H,16,17)(H,18,19)/t10-,11+,12-/m1/s1. The maximum Gasteiger partial charge on any atom is 0.321 e. The molecule has 0 heterocycles. The van der Waals surface area contributed by atoms with E-state index < -0.39 is 17.4 Å². The maximum atomic E-state index is 11.7. The number of hydrogen-bond donors (Lipinski definition) is 2. The summed E-state index contributed by atoms with van der Waals surface area (Å²) >= 11 is 0. The van der Waals surface area contributed by atoms with Crippen LogP contribution in [0.4, 0.5) is 0 Å². The summed E-state index contributed by atoms with van der Waals surface area (Å²) in [6, 6.07) is 0. The minimum atomic E-state index is -1.62. The second-order valence-corrected chi connectivity index (χ2v) is 6.37. The lowest BCUT2D eigenvalue weighted by atomic mass is 9.58. The van der Waals surface area contributed by atoms with Crippen LogP contribution >= 0.6 is 0 Å². The highest BCUT2D eigenvalue weighted by atomic mass is 16.4. The highest BCUT2D eigenvalue weighted by Gasteiger charge is 2.55. The summed E-state index contributed by atoms with van der Waals surface area (Å²) in [5.74, 6) is -1.70. The average molecular weight is 270 g/mol. The number of carboxylic acid groups (broad SMARTS) is 2. The van der Waals surface area contributed by atoms with Gasteiger partial charge in [0.25, 0.3) is 0 Å². The zero-order valence-corrected chi connectivity index (χ0v) is 12.3. The molecule has 19 heavy (non-hydrogen) atoms. The first-order chi connectivity index (χ1) is 8.77. The van der Waals surface area contributed by atoms with Gasteiger partial charge in [-0.3, -0.25) is 9.59 Å². The van der Waals surface area contributed by atoms with Crippen LogP contribution in [-0.4, -0.2) is 22.2 Å². The van der Waals surface area contributed by atoms with Crippen LogP contribution in [0.3, 0.4) is 0 Å². The van der Waals surface area contributed by atoms with Crippen molar-refractivity contribution in [1.82, 2.24) is 0 Å². The molecule has 0 bridgehead atoms. The van der Waals surface area contributed by atoms with Crippen molar-refractivity contribution in [2.24, 2.45) is 29.1 Å². The lowest BCUT2D eigenvalue weighted by Gasteiger charge is -2.44. The summed E-state index contributed by atoms with van der Waals surface area (Å²) in [6.07, 6.45) is 2.86. The molecule has 0 amide bonds. The van der Waals surface area contributed by atoms with Crippen LogP contribution in [0.25, 0.3) is 0 Å². The fourth-order valence-corrected chi connectivity index (χ4v) is 3.74. The summed E-state index contributed by atoms with van der Waals surface area (Å²) in [5.41, 5.74) is -1.62. The Bertz CT molecular complexity index is 334. The van der Waals surface area contributed by atoms with E-state index in [2.05, 4.69) is 20.8 Å². The van der Waals surface area contributed by atoms with Crippen molar-refractivity contribution in [3.63, 3.8) is 0 Å². The van der Waals surface area contributed by atoms with Crippen LogP contribution < -0.4 is 0 Å². The molecule has 1 saturated carbocycles. The van der Waals surface area contributed by atoms with Gasteiger partial charge < -0.3 is 10.2 Å². The van der Waals surface area contributed by atoms with E-state index in [1.807, 2.05) is 0 Å². The molecule has 0 saturated heterocycles. The van der Waals surface area contributed by atoms with E-state index in [1.54, 1.807) is 6.92 Å². The third-order valence-corrected chi connectivity index (χ3v) is 4.98. The Balaban J connectivity index is 3.23. The van der Waals surface area contributed by atoms with Crippen molar-refractivity contribution in [3.8, 4) is 0 Å². The molecule has 1 fully saturated rings. The second-order valence-electron chi connectivity index (χ2n) is 6.37. The molecule has 0 aromatic carbocycles. The topological polar surface area (TPSA) is 74.6 Å². The second kappa shape index (κ2) is 5.93. The van der Waals surface area contributed by atoms with E-state index in [0.29, 0.717) is 18.3 Å². The van der Waals surface area contributed by atoms with Gasteiger partial charge in [0.2, 0.25) is 0 Å². The van der Waals surface area contributed by atoms with E-state index in [-0.39, 0.29) is 18.3 Å². The lowest BCUT2D eigenvalue weighted by molar-refractivity contribution is -0.174. The Morgan fingerprint density at radius 3 is 2.11 bits per heavy atom. The van der Waals surface area contributed by atoms with E-state index >= 15 is 0 Å². The minimum absolute atomic E-state index is 0.151. The molecular formula is C15H26O4. The summed E-state index contributed by atoms with van der Waals surface area (Å²) < 4.78 is 0. The molecule has 0 spiro atoms. The number of hydrogen-bond acceptors (Lipinski definition) is 2. The van der Waals surface area contributed by atoms with Crippen molar-refractivity contribution < 1.29 is 19.8 Å². The van der Waals surface area contributed by atoms with Crippen LogP contribution in [-0.2, 0) is 9.59 Å². The molecule has 0 radical (unpaired) electrons. The number of carboxylic acids is 2. The zero-order chi connectivity index (χ0) is 14.8. The van der Waals surface area contributed by atoms with Crippen molar-refractivity contribution >= 4 is 11.9 Å². The van der Waals surface area contributed by atoms with Crippen molar-refractivity contribution in [2.45, 2.75) is 53.4 Å². The average Bonchev–Trinajstić information content (AvgIpc) is 2.29. The van der Waals surface area contributed by atoms with Gasteiger partial charge in [-0.05, 0) is 42.9 Å². The van der Waals surface area contributed by atoms with Gasteiger partial charge in [0.05, 0.1) is 0 Å². The molecule has 1 rings (SSSR count). The van der Waals surface area contributed by atoms with Crippen molar-refractivity contribution in [2.75, 3.05) is 0 Å². The molecule has 4 heteroatoms. The number of carbonyl (C=O) groups is 2. The number of rotatable bonds is 5. The van der Waals surface area contributed by atoms with Crippen LogP contribution in [0.5, 0.6) is 0 Å². The molecule has 0 aliphatic heterocycles. The molecule has 3 atom stereocenters. The van der Waals surface area contributed by atoms with Gasteiger partial charge >= 0.3 is 11.9 Å². The predicted molar refractivity (Wildman–Crippen MR) is 72.8 cm³/mol. The summed E-state index contributed by atoms with van der Waals surface area (Å²) in [6.45, 7) is 7.90. The maximum absolute atomic E-state index is 11.7. The molecule has 1 aliphatic rings. The van der Waals surface area contributed by atoms with Gasteiger partial charge in [0, 0.05) is 0 Å². The van der Waals surface area contributed by atoms with E-state index in [0.717, 1.165) is 12.8 Å². The number of aliphatic carboxylic acids is 2. The normalized spacial score (nSPS) is 28.4. The molecule has 0 aromatic heterocycles. The zero-order valence-electron chi connectivity index (χ0n) is 12.3. The van der Waals surface area contributed by atoms with Crippen LogP contribution in [0.1, 0.15) is 53.4 Å². The third-order valence-electron chi connectivity index (χ3n) is 4.98. The molecule has 0 aromatic rings. The Morgan fingerprint density at radius 2 is 1.74 bits per heavy atom. The van der Waals surface area contributed by atoms with Gasteiger partial charge in [-0.25, -0.2) is 0 Å². The van der Waals surface area contributed by atoms with Gasteiger partial charge in [0.1, 0.15) is 0 Å². The molecular weight excluding hydrogens is 244 g/mol. The van der Waals surface area contributed by atoms with Gasteiger partial charge in [0.15, 0.2) is 5.41 Å². The van der Waals surface area contributed by atoms with Crippen LogP contribution in [0, 0.1) is 29.1 Å². The SMILES string of the molecule is CCC(C(=O)O)(C(=O)O)[C@@H]1C[C@H](C)CC[C@H]1C(C)C. The lowest BCUT2D eigenvalue weighted by Crippen LogP contribution is -2.50. The summed E-state index contributed by atoms with van der Waals surface area (Å²) in [4.78, 5) is 23.4. The highest BCUT2D eigenvalue weighted by Crippen LogP contribution is 2.49. The first kappa shape index (κ1) is 16.0. The molecule has 110 valence electrons.